The van der Waals surface area contributed by atoms with Gasteiger partial charge in [-0.05, 0) is 33.5 Å². The SMILES string of the molecule is CN(Cc1ccccc1)C(=O)[C@H](Cc1ccc2ccccc2c1)NC(=O)[C@@H]1C[C@@H](O)CN1C(=O)[C@@H]1Cc2ccccc2N1. The van der Waals surface area contributed by atoms with Gasteiger partial charge in [0.15, 0.2) is 0 Å². The maximum atomic E-state index is 13.9. The van der Waals surface area contributed by atoms with Crippen molar-refractivity contribution in [1.29, 1.82) is 0 Å². The van der Waals surface area contributed by atoms with Gasteiger partial charge in [0, 0.05) is 45.1 Å². The summed E-state index contributed by atoms with van der Waals surface area (Å²) in [6.45, 7) is 0.465. The molecule has 3 N–H and O–H groups in total. The second-order valence-corrected chi connectivity index (χ2v) is 11.6. The number of carbonyl (C=O) groups excluding carboxylic acids is 3. The van der Waals surface area contributed by atoms with Crippen LogP contribution in [-0.2, 0) is 33.8 Å². The number of nitrogens with one attached hydrogen (secondary N) is 2. The van der Waals surface area contributed by atoms with Crippen LogP contribution in [0.3, 0.4) is 0 Å². The van der Waals surface area contributed by atoms with Crippen LogP contribution in [0.5, 0.6) is 0 Å². The first-order chi connectivity index (χ1) is 20.9. The maximum Gasteiger partial charge on any atom is 0.246 e. The van der Waals surface area contributed by atoms with E-state index >= 15 is 0 Å². The van der Waals surface area contributed by atoms with E-state index in [9.17, 15) is 19.5 Å². The van der Waals surface area contributed by atoms with Crippen LogP contribution in [0.15, 0.2) is 97.1 Å². The number of β-amino-alcohol motifs (C(OH)–C–C–N with tert-alkyl or cyclic N) is 1. The predicted molar refractivity (Wildman–Crippen MR) is 166 cm³/mol. The number of aliphatic hydroxyl groups excluding tert-OH is 1. The minimum absolute atomic E-state index is 0.0721. The molecule has 1 fully saturated rings. The third kappa shape index (κ3) is 6.24. The Morgan fingerprint density at radius 1 is 0.930 bits per heavy atom. The number of rotatable bonds is 8. The number of fused-ring (bicyclic) bond motifs is 2. The standard InChI is InChI=1S/C35H36N4O4/c1-38(21-23-9-3-2-4-10-23)34(42)30(18-24-15-16-25-11-5-6-12-26(25)17-24)37-33(41)32-20-28(40)22-39(32)35(43)31-19-27-13-7-8-14-29(27)36-31/h2-17,28,30-32,36,40H,18-22H2,1H3,(H,37,41)/t28-,30+,31+,32+/m1/s1. The lowest BCUT2D eigenvalue weighted by Crippen LogP contribution is -2.55. The third-order valence-corrected chi connectivity index (χ3v) is 8.44. The Labute approximate surface area is 251 Å². The highest BCUT2D eigenvalue weighted by Crippen LogP contribution is 2.28. The van der Waals surface area contributed by atoms with E-state index in [4.69, 9.17) is 0 Å². The van der Waals surface area contributed by atoms with E-state index in [-0.39, 0.29) is 31.2 Å². The molecule has 6 rings (SSSR count). The number of nitrogens with zero attached hydrogens (tertiary/aromatic N) is 2. The molecule has 0 aliphatic carbocycles. The van der Waals surface area contributed by atoms with Gasteiger partial charge in [-0.15, -0.1) is 0 Å². The number of anilines is 1. The normalized spacial score (nSPS) is 19.9. The Kier molecular flexibility index (Phi) is 8.11. The second-order valence-electron chi connectivity index (χ2n) is 11.6. The van der Waals surface area contributed by atoms with Gasteiger partial charge in [-0.3, -0.25) is 14.4 Å². The molecular formula is C35H36N4O4. The molecule has 0 unspecified atom stereocenters. The zero-order valence-electron chi connectivity index (χ0n) is 24.1. The van der Waals surface area contributed by atoms with Gasteiger partial charge in [0.2, 0.25) is 17.7 Å². The first-order valence-corrected chi connectivity index (χ1v) is 14.8. The minimum atomic E-state index is -0.876. The topological polar surface area (TPSA) is 102 Å². The lowest BCUT2D eigenvalue weighted by molar-refractivity contribution is -0.141. The van der Waals surface area contributed by atoms with E-state index in [1.165, 1.54) is 4.90 Å². The summed E-state index contributed by atoms with van der Waals surface area (Å²) < 4.78 is 0. The number of aliphatic hydroxyl groups is 1. The summed E-state index contributed by atoms with van der Waals surface area (Å²) in [5.74, 6) is -0.895. The molecule has 4 aromatic carbocycles. The Bertz CT molecular complexity index is 1620. The van der Waals surface area contributed by atoms with Crippen LogP contribution >= 0.6 is 0 Å². The van der Waals surface area contributed by atoms with Crippen LogP contribution in [0, 0.1) is 0 Å². The van der Waals surface area contributed by atoms with Crippen LogP contribution in [0.2, 0.25) is 0 Å². The Hall–Kier alpha value is -4.69. The van der Waals surface area contributed by atoms with Crippen molar-refractivity contribution in [3.8, 4) is 0 Å². The van der Waals surface area contributed by atoms with Crippen molar-refractivity contribution in [1.82, 2.24) is 15.1 Å². The monoisotopic (exact) mass is 576 g/mol. The van der Waals surface area contributed by atoms with Crippen molar-refractivity contribution < 1.29 is 19.5 Å². The maximum absolute atomic E-state index is 13.9. The van der Waals surface area contributed by atoms with Gasteiger partial charge < -0.3 is 25.5 Å². The number of amides is 3. The van der Waals surface area contributed by atoms with Gasteiger partial charge in [-0.1, -0.05) is 91.0 Å². The molecule has 8 nitrogen and oxygen atoms in total. The quantitative estimate of drug-likeness (QED) is 0.298. The molecule has 0 aromatic heterocycles. The molecule has 0 spiro atoms. The Balaban J connectivity index is 1.21. The first kappa shape index (κ1) is 28.4. The molecule has 3 amide bonds. The van der Waals surface area contributed by atoms with Gasteiger partial charge in [0.1, 0.15) is 18.1 Å². The molecule has 0 radical (unpaired) electrons. The fraction of sp³-hybridized carbons (Fsp3) is 0.286. The van der Waals surface area contributed by atoms with Crippen molar-refractivity contribution in [3.63, 3.8) is 0 Å². The van der Waals surface area contributed by atoms with Gasteiger partial charge in [0.05, 0.1) is 6.10 Å². The number of hydrogen-bond donors (Lipinski definition) is 3. The molecule has 2 heterocycles. The summed E-state index contributed by atoms with van der Waals surface area (Å²) in [5, 5.41) is 18.9. The number of benzene rings is 4. The highest BCUT2D eigenvalue weighted by Gasteiger charge is 2.43. The van der Waals surface area contributed by atoms with Crippen molar-refractivity contribution >= 4 is 34.2 Å². The van der Waals surface area contributed by atoms with Crippen LogP contribution in [0.1, 0.15) is 23.1 Å². The van der Waals surface area contributed by atoms with E-state index in [0.29, 0.717) is 13.0 Å². The Morgan fingerprint density at radius 2 is 1.65 bits per heavy atom. The number of carbonyl (C=O) groups is 3. The van der Waals surface area contributed by atoms with Crippen molar-refractivity contribution in [2.75, 3.05) is 18.9 Å². The van der Waals surface area contributed by atoms with Crippen molar-refractivity contribution in [3.05, 3.63) is 114 Å². The zero-order valence-corrected chi connectivity index (χ0v) is 24.1. The van der Waals surface area contributed by atoms with E-state index < -0.39 is 30.1 Å². The molecule has 43 heavy (non-hydrogen) atoms. The van der Waals surface area contributed by atoms with Crippen molar-refractivity contribution in [2.45, 2.75) is 50.0 Å². The van der Waals surface area contributed by atoms with Crippen molar-refractivity contribution in [2.24, 2.45) is 0 Å². The minimum Gasteiger partial charge on any atom is -0.391 e. The summed E-state index contributed by atoms with van der Waals surface area (Å²) >= 11 is 0. The molecule has 220 valence electrons. The van der Waals surface area contributed by atoms with E-state index in [1.807, 2.05) is 97.1 Å². The fourth-order valence-corrected chi connectivity index (χ4v) is 6.22. The highest BCUT2D eigenvalue weighted by molar-refractivity contribution is 5.95. The Morgan fingerprint density at radius 3 is 2.44 bits per heavy atom. The number of likely N-dealkylation sites (N-methyl/N-ethyl adjacent to an activating group) is 1. The molecular weight excluding hydrogens is 540 g/mol. The smallest absolute Gasteiger partial charge is 0.246 e. The summed E-state index contributed by atoms with van der Waals surface area (Å²) in [5.41, 5.74) is 3.85. The van der Waals surface area contributed by atoms with Crippen LogP contribution < -0.4 is 10.6 Å². The molecule has 4 aromatic rings. The largest absolute Gasteiger partial charge is 0.391 e. The molecule has 8 heteroatoms. The molecule has 1 saturated heterocycles. The van der Waals surface area contributed by atoms with Gasteiger partial charge in [-0.25, -0.2) is 0 Å². The summed E-state index contributed by atoms with van der Waals surface area (Å²) in [4.78, 5) is 44.4. The average molecular weight is 577 g/mol. The predicted octanol–water partition coefficient (Wildman–Crippen LogP) is 3.52. The second kappa shape index (κ2) is 12.3. The van der Waals surface area contributed by atoms with E-state index in [0.717, 1.165) is 33.2 Å². The molecule has 2 aliphatic rings. The van der Waals surface area contributed by atoms with E-state index in [2.05, 4.69) is 10.6 Å². The highest BCUT2D eigenvalue weighted by atomic mass is 16.3. The molecule has 0 bridgehead atoms. The zero-order chi connectivity index (χ0) is 29.9. The fourth-order valence-electron chi connectivity index (χ4n) is 6.22. The molecule has 0 saturated carbocycles. The first-order valence-electron chi connectivity index (χ1n) is 14.8. The van der Waals surface area contributed by atoms with Crippen LogP contribution in [0.25, 0.3) is 10.8 Å². The van der Waals surface area contributed by atoms with Crippen LogP contribution in [0.4, 0.5) is 5.69 Å². The molecule has 2 aliphatic heterocycles. The lowest BCUT2D eigenvalue weighted by atomic mass is 10.00. The van der Waals surface area contributed by atoms with Gasteiger partial charge in [-0.2, -0.15) is 0 Å². The number of para-hydroxylation sites is 1. The number of hydrogen-bond acceptors (Lipinski definition) is 5. The summed E-state index contributed by atoms with van der Waals surface area (Å²) in [6, 6.07) is 29.3. The molecule has 4 atom stereocenters. The summed E-state index contributed by atoms with van der Waals surface area (Å²) in [7, 11) is 1.73. The van der Waals surface area contributed by atoms with Gasteiger partial charge in [0.25, 0.3) is 0 Å². The average Bonchev–Trinajstić information content (AvgIpc) is 3.64. The number of likely N-dealkylation sites (tertiary alicyclic amines) is 1. The van der Waals surface area contributed by atoms with Crippen LogP contribution in [-0.4, -0.2) is 70.4 Å². The summed E-state index contributed by atoms with van der Waals surface area (Å²) in [6.07, 6.45) is 0.105. The van der Waals surface area contributed by atoms with E-state index in [1.54, 1.807) is 11.9 Å². The third-order valence-electron chi connectivity index (χ3n) is 8.44. The lowest BCUT2D eigenvalue weighted by Gasteiger charge is -2.29. The van der Waals surface area contributed by atoms with Gasteiger partial charge >= 0.3 is 0 Å².